The molecule has 0 N–H and O–H groups in total. The van der Waals surface area contributed by atoms with Gasteiger partial charge < -0.3 is 9.80 Å². The normalized spacial score (nSPS) is 16.8. The second kappa shape index (κ2) is 6.30. The topological polar surface area (TPSA) is 49.3 Å². The third-order valence-electron chi connectivity index (χ3n) is 3.62. The van der Waals surface area contributed by atoms with Gasteiger partial charge in [0, 0.05) is 44.6 Å². The first kappa shape index (κ1) is 16.2. The van der Waals surface area contributed by atoms with Gasteiger partial charge in [0.05, 0.1) is 0 Å². The Balaban J connectivity index is 2.22. The molecule has 1 aliphatic heterocycles. The molecule has 0 spiro atoms. The zero-order valence-corrected chi connectivity index (χ0v) is 14.8. The van der Waals surface area contributed by atoms with Crippen LogP contribution >= 0.6 is 15.9 Å². The van der Waals surface area contributed by atoms with Gasteiger partial charge >= 0.3 is 0 Å². The smallest absolute Gasteiger partial charge is 0.219 e. The maximum atomic E-state index is 11.5. The van der Waals surface area contributed by atoms with Crippen LogP contribution in [0.15, 0.2) is 10.7 Å². The van der Waals surface area contributed by atoms with Gasteiger partial charge in [0.25, 0.3) is 0 Å². The van der Waals surface area contributed by atoms with Gasteiger partial charge in [-0.1, -0.05) is 20.8 Å². The Hall–Kier alpha value is -1.17. The van der Waals surface area contributed by atoms with E-state index in [0.29, 0.717) is 0 Å². The summed E-state index contributed by atoms with van der Waals surface area (Å²) in [6.07, 6.45) is 0.964. The SMILES string of the molecule is CC(=O)N1CCCN(c2cc(Br)nc(C(C)(C)C)n2)CC1. The van der Waals surface area contributed by atoms with Gasteiger partial charge in [-0.05, 0) is 22.4 Å². The van der Waals surface area contributed by atoms with Gasteiger partial charge in [0.2, 0.25) is 5.91 Å². The first-order chi connectivity index (χ1) is 9.77. The second-order valence-corrected chi connectivity index (χ2v) is 7.28. The van der Waals surface area contributed by atoms with E-state index in [0.717, 1.165) is 48.8 Å². The molecule has 0 bridgehead atoms. The van der Waals surface area contributed by atoms with Crippen molar-refractivity contribution >= 4 is 27.7 Å². The largest absolute Gasteiger partial charge is 0.355 e. The van der Waals surface area contributed by atoms with Crippen molar-refractivity contribution in [3.05, 3.63) is 16.5 Å². The minimum absolute atomic E-state index is 0.0875. The number of hydrogen-bond acceptors (Lipinski definition) is 4. The van der Waals surface area contributed by atoms with Gasteiger partial charge in [0.15, 0.2) is 0 Å². The third kappa shape index (κ3) is 4.15. The fourth-order valence-corrected chi connectivity index (χ4v) is 2.74. The third-order valence-corrected chi connectivity index (χ3v) is 4.02. The predicted octanol–water partition coefficient (Wildman–Crippen LogP) is 2.60. The molecule has 0 aliphatic carbocycles. The molecule has 6 heteroatoms. The fourth-order valence-electron chi connectivity index (χ4n) is 2.36. The first-order valence-electron chi connectivity index (χ1n) is 7.33. The zero-order chi connectivity index (χ0) is 15.6. The van der Waals surface area contributed by atoms with Crippen LogP contribution < -0.4 is 4.90 Å². The molecule has 1 aliphatic rings. The summed E-state index contributed by atoms with van der Waals surface area (Å²) in [4.78, 5) is 24.9. The van der Waals surface area contributed by atoms with E-state index >= 15 is 0 Å². The Kier molecular flexibility index (Phi) is 4.86. The summed E-state index contributed by atoms with van der Waals surface area (Å²) in [6.45, 7) is 11.3. The van der Waals surface area contributed by atoms with E-state index in [2.05, 4.69) is 46.6 Å². The Bertz CT molecular complexity index is 527. The van der Waals surface area contributed by atoms with Gasteiger partial charge in [-0.2, -0.15) is 0 Å². The predicted molar refractivity (Wildman–Crippen MR) is 87.5 cm³/mol. The standard InChI is InChI=1S/C15H23BrN4O/c1-11(21)19-6-5-7-20(9-8-19)13-10-12(16)17-14(18-13)15(2,3)4/h10H,5-9H2,1-4H3. The molecule has 0 aromatic carbocycles. The summed E-state index contributed by atoms with van der Waals surface area (Å²) in [5.41, 5.74) is -0.0875. The molecule has 0 radical (unpaired) electrons. The van der Waals surface area contributed by atoms with Crippen LogP contribution in [0.25, 0.3) is 0 Å². The number of anilines is 1. The molecule has 1 aromatic heterocycles. The van der Waals surface area contributed by atoms with Crippen LogP contribution in [0.1, 0.15) is 39.9 Å². The number of carbonyl (C=O) groups is 1. The van der Waals surface area contributed by atoms with Gasteiger partial charge in [-0.3, -0.25) is 4.79 Å². The van der Waals surface area contributed by atoms with Crippen LogP contribution in [0.4, 0.5) is 5.82 Å². The lowest BCUT2D eigenvalue weighted by Gasteiger charge is -2.25. The van der Waals surface area contributed by atoms with E-state index in [1.165, 1.54) is 0 Å². The Labute approximate surface area is 134 Å². The highest BCUT2D eigenvalue weighted by molar-refractivity contribution is 9.10. The number of rotatable bonds is 1. The Morgan fingerprint density at radius 1 is 1.19 bits per heavy atom. The summed E-state index contributed by atoms with van der Waals surface area (Å²) < 4.78 is 0.810. The number of hydrogen-bond donors (Lipinski definition) is 0. The van der Waals surface area contributed by atoms with Crippen molar-refractivity contribution in [2.45, 2.75) is 39.5 Å². The van der Waals surface area contributed by atoms with Crippen LogP contribution in [-0.4, -0.2) is 47.0 Å². The number of nitrogens with zero attached hydrogens (tertiary/aromatic N) is 4. The summed E-state index contributed by atoms with van der Waals surface area (Å²) in [6, 6.07) is 1.96. The number of amides is 1. The molecular formula is C15H23BrN4O. The lowest BCUT2D eigenvalue weighted by Crippen LogP contribution is -2.34. The molecule has 1 fully saturated rings. The monoisotopic (exact) mass is 354 g/mol. The van der Waals surface area contributed by atoms with Gasteiger partial charge in [0.1, 0.15) is 16.2 Å². The van der Waals surface area contributed by atoms with Crippen molar-refractivity contribution in [2.24, 2.45) is 0 Å². The minimum atomic E-state index is -0.0875. The maximum Gasteiger partial charge on any atom is 0.219 e. The minimum Gasteiger partial charge on any atom is -0.355 e. The molecular weight excluding hydrogens is 332 g/mol. The average molecular weight is 355 g/mol. The molecule has 0 unspecified atom stereocenters. The highest BCUT2D eigenvalue weighted by Crippen LogP contribution is 2.24. The molecule has 2 heterocycles. The number of aromatic nitrogens is 2. The Morgan fingerprint density at radius 2 is 1.90 bits per heavy atom. The highest BCUT2D eigenvalue weighted by atomic mass is 79.9. The van der Waals surface area contributed by atoms with Crippen molar-refractivity contribution in [2.75, 3.05) is 31.1 Å². The molecule has 21 heavy (non-hydrogen) atoms. The lowest BCUT2D eigenvalue weighted by atomic mass is 9.96. The molecule has 1 saturated heterocycles. The zero-order valence-electron chi connectivity index (χ0n) is 13.2. The molecule has 0 atom stereocenters. The molecule has 2 rings (SSSR count). The van der Waals surface area contributed by atoms with E-state index < -0.39 is 0 Å². The first-order valence-corrected chi connectivity index (χ1v) is 8.12. The van der Waals surface area contributed by atoms with Crippen LogP contribution in [0, 0.1) is 0 Å². The van der Waals surface area contributed by atoms with Crippen LogP contribution in [0.5, 0.6) is 0 Å². The van der Waals surface area contributed by atoms with Crippen molar-refractivity contribution in [3.8, 4) is 0 Å². The number of carbonyl (C=O) groups excluding carboxylic acids is 1. The lowest BCUT2D eigenvalue weighted by molar-refractivity contribution is -0.128. The summed E-state index contributed by atoms with van der Waals surface area (Å²) >= 11 is 3.48. The molecule has 0 saturated carbocycles. The van der Waals surface area contributed by atoms with Crippen molar-refractivity contribution in [1.29, 1.82) is 0 Å². The summed E-state index contributed by atoms with van der Waals surface area (Å²) in [7, 11) is 0. The molecule has 5 nitrogen and oxygen atoms in total. The van der Waals surface area contributed by atoms with Gasteiger partial charge in [-0.15, -0.1) is 0 Å². The van der Waals surface area contributed by atoms with Crippen molar-refractivity contribution < 1.29 is 4.79 Å². The van der Waals surface area contributed by atoms with Gasteiger partial charge in [-0.25, -0.2) is 9.97 Å². The summed E-state index contributed by atoms with van der Waals surface area (Å²) in [5.74, 6) is 1.92. The summed E-state index contributed by atoms with van der Waals surface area (Å²) in [5, 5.41) is 0. The van der Waals surface area contributed by atoms with Crippen LogP contribution in [-0.2, 0) is 10.2 Å². The molecule has 1 amide bonds. The van der Waals surface area contributed by atoms with E-state index in [4.69, 9.17) is 4.98 Å². The van der Waals surface area contributed by atoms with E-state index in [-0.39, 0.29) is 11.3 Å². The average Bonchev–Trinajstić information content (AvgIpc) is 2.62. The maximum absolute atomic E-state index is 11.5. The van der Waals surface area contributed by atoms with E-state index in [9.17, 15) is 4.79 Å². The molecule has 1 aromatic rings. The highest BCUT2D eigenvalue weighted by Gasteiger charge is 2.22. The second-order valence-electron chi connectivity index (χ2n) is 6.47. The quantitative estimate of drug-likeness (QED) is 0.727. The Morgan fingerprint density at radius 3 is 2.52 bits per heavy atom. The molecule has 116 valence electrons. The van der Waals surface area contributed by atoms with E-state index in [1.54, 1.807) is 6.92 Å². The van der Waals surface area contributed by atoms with Crippen LogP contribution in [0.3, 0.4) is 0 Å². The van der Waals surface area contributed by atoms with Crippen molar-refractivity contribution in [3.63, 3.8) is 0 Å². The van der Waals surface area contributed by atoms with E-state index in [1.807, 2.05) is 11.0 Å². The van der Waals surface area contributed by atoms with Crippen molar-refractivity contribution in [1.82, 2.24) is 14.9 Å². The van der Waals surface area contributed by atoms with Crippen LogP contribution in [0.2, 0.25) is 0 Å². The number of halogens is 1. The fraction of sp³-hybridized carbons (Fsp3) is 0.667.